The maximum absolute atomic E-state index is 11.8. The van der Waals surface area contributed by atoms with E-state index in [2.05, 4.69) is 16.7 Å². The molecular formula is C16H16Cl2N2O. The van der Waals surface area contributed by atoms with E-state index in [9.17, 15) is 4.79 Å². The summed E-state index contributed by atoms with van der Waals surface area (Å²) in [6.07, 6.45) is 0. The third-order valence-electron chi connectivity index (χ3n) is 2.90. The zero-order valence-electron chi connectivity index (χ0n) is 11.6. The van der Waals surface area contributed by atoms with Crippen LogP contribution in [0.3, 0.4) is 0 Å². The Bertz CT molecular complexity index is 644. The van der Waals surface area contributed by atoms with E-state index in [1.807, 2.05) is 25.1 Å². The van der Waals surface area contributed by atoms with Crippen LogP contribution in [0.1, 0.15) is 11.1 Å². The molecule has 0 atom stereocenters. The SMILES string of the molecule is Cc1cccc(CNCC(=O)Nc2ccc(Cl)cc2Cl)c1. The van der Waals surface area contributed by atoms with Crippen LogP contribution in [0.4, 0.5) is 5.69 Å². The van der Waals surface area contributed by atoms with E-state index in [0.717, 1.165) is 5.56 Å². The summed E-state index contributed by atoms with van der Waals surface area (Å²) in [6, 6.07) is 13.1. The van der Waals surface area contributed by atoms with Crippen molar-refractivity contribution in [2.24, 2.45) is 0 Å². The number of nitrogens with one attached hydrogen (secondary N) is 2. The molecule has 0 aliphatic heterocycles. The summed E-state index contributed by atoms with van der Waals surface area (Å²) in [5, 5.41) is 6.80. The maximum atomic E-state index is 11.8. The van der Waals surface area contributed by atoms with E-state index in [0.29, 0.717) is 22.3 Å². The lowest BCUT2D eigenvalue weighted by Crippen LogP contribution is -2.27. The molecule has 21 heavy (non-hydrogen) atoms. The van der Waals surface area contributed by atoms with Gasteiger partial charge in [0.05, 0.1) is 17.3 Å². The van der Waals surface area contributed by atoms with Crippen molar-refractivity contribution >= 4 is 34.8 Å². The minimum absolute atomic E-state index is 0.146. The van der Waals surface area contributed by atoms with Gasteiger partial charge in [0.1, 0.15) is 0 Å². The summed E-state index contributed by atoms with van der Waals surface area (Å²) in [7, 11) is 0. The molecule has 2 rings (SSSR count). The number of aryl methyl sites for hydroxylation is 1. The van der Waals surface area contributed by atoms with Crippen molar-refractivity contribution in [1.82, 2.24) is 5.32 Å². The molecule has 110 valence electrons. The van der Waals surface area contributed by atoms with Crippen molar-refractivity contribution in [3.63, 3.8) is 0 Å². The van der Waals surface area contributed by atoms with Crippen molar-refractivity contribution in [2.75, 3.05) is 11.9 Å². The molecular weight excluding hydrogens is 307 g/mol. The second kappa shape index (κ2) is 7.46. The number of anilines is 1. The lowest BCUT2D eigenvalue weighted by molar-refractivity contribution is -0.115. The van der Waals surface area contributed by atoms with Gasteiger partial charge < -0.3 is 10.6 Å². The van der Waals surface area contributed by atoms with Crippen LogP contribution in [-0.4, -0.2) is 12.5 Å². The van der Waals surface area contributed by atoms with Gasteiger partial charge >= 0.3 is 0 Å². The maximum Gasteiger partial charge on any atom is 0.238 e. The highest BCUT2D eigenvalue weighted by Gasteiger charge is 2.06. The smallest absolute Gasteiger partial charge is 0.238 e. The molecule has 0 radical (unpaired) electrons. The molecule has 0 unspecified atom stereocenters. The first-order valence-electron chi connectivity index (χ1n) is 6.56. The van der Waals surface area contributed by atoms with Crippen LogP contribution in [0.2, 0.25) is 10.0 Å². The van der Waals surface area contributed by atoms with Gasteiger partial charge in [0.2, 0.25) is 5.91 Å². The highest BCUT2D eigenvalue weighted by Crippen LogP contribution is 2.25. The van der Waals surface area contributed by atoms with Crippen molar-refractivity contribution in [1.29, 1.82) is 0 Å². The molecule has 3 nitrogen and oxygen atoms in total. The van der Waals surface area contributed by atoms with Crippen LogP contribution in [0.5, 0.6) is 0 Å². The first-order valence-corrected chi connectivity index (χ1v) is 7.31. The zero-order chi connectivity index (χ0) is 15.2. The summed E-state index contributed by atoms with van der Waals surface area (Å²) < 4.78 is 0. The van der Waals surface area contributed by atoms with Crippen LogP contribution in [0, 0.1) is 6.92 Å². The Morgan fingerprint density at radius 3 is 2.67 bits per heavy atom. The second-order valence-corrected chi connectivity index (χ2v) is 5.61. The van der Waals surface area contributed by atoms with Crippen molar-refractivity contribution in [2.45, 2.75) is 13.5 Å². The van der Waals surface area contributed by atoms with Crippen molar-refractivity contribution < 1.29 is 4.79 Å². The predicted molar refractivity (Wildman–Crippen MR) is 88.0 cm³/mol. The third kappa shape index (κ3) is 5.05. The molecule has 2 aromatic carbocycles. The average molecular weight is 323 g/mol. The van der Waals surface area contributed by atoms with E-state index >= 15 is 0 Å². The van der Waals surface area contributed by atoms with Gasteiger partial charge in [-0.25, -0.2) is 0 Å². The fourth-order valence-corrected chi connectivity index (χ4v) is 2.38. The van der Waals surface area contributed by atoms with Gasteiger partial charge in [0.15, 0.2) is 0 Å². The summed E-state index contributed by atoms with van der Waals surface area (Å²) in [5.74, 6) is -0.146. The Kier molecular flexibility index (Phi) is 5.62. The minimum atomic E-state index is -0.146. The molecule has 2 aromatic rings. The molecule has 0 heterocycles. The Morgan fingerprint density at radius 2 is 1.95 bits per heavy atom. The molecule has 0 fully saturated rings. The molecule has 0 bridgehead atoms. The first-order chi connectivity index (χ1) is 10.0. The van der Waals surface area contributed by atoms with E-state index in [-0.39, 0.29) is 12.5 Å². The van der Waals surface area contributed by atoms with E-state index in [1.54, 1.807) is 18.2 Å². The average Bonchev–Trinajstić information content (AvgIpc) is 2.42. The summed E-state index contributed by atoms with van der Waals surface area (Å²) >= 11 is 11.8. The van der Waals surface area contributed by atoms with Crippen molar-refractivity contribution in [3.8, 4) is 0 Å². The Hall–Kier alpha value is -1.55. The normalized spacial score (nSPS) is 10.4. The molecule has 0 aliphatic carbocycles. The minimum Gasteiger partial charge on any atom is -0.324 e. The number of hydrogen-bond donors (Lipinski definition) is 2. The Morgan fingerprint density at radius 1 is 1.14 bits per heavy atom. The van der Waals surface area contributed by atoms with Gasteiger partial charge in [0, 0.05) is 11.6 Å². The Balaban J connectivity index is 1.82. The van der Waals surface area contributed by atoms with Gasteiger partial charge in [0.25, 0.3) is 0 Å². The fourth-order valence-electron chi connectivity index (χ4n) is 1.93. The second-order valence-electron chi connectivity index (χ2n) is 4.76. The molecule has 0 aliphatic rings. The number of benzene rings is 2. The van der Waals surface area contributed by atoms with Crippen LogP contribution < -0.4 is 10.6 Å². The van der Waals surface area contributed by atoms with E-state index in [1.165, 1.54) is 5.56 Å². The quantitative estimate of drug-likeness (QED) is 0.872. The molecule has 2 N–H and O–H groups in total. The monoisotopic (exact) mass is 322 g/mol. The highest BCUT2D eigenvalue weighted by atomic mass is 35.5. The number of halogens is 2. The molecule has 5 heteroatoms. The lowest BCUT2D eigenvalue weighted by Gasteiger charge is -2.09. The standard InChI is InChI=1S/C16H16Cl2N2O/c1-11-3-2-4-12(7-11)9-19-10-16(21)20-15-6-5-13(17)8-14(15)18/h2-8,19H,9-10H2,1H3,(H,20,21). The van der Waals surface area contributed by atoms with Crippen molar-refractivity contribution in [3.05, 3.63) is 63.6 Å². The number of amides is 1. The number of carbonyl (C=O) groups excluding carboxylic acids is 1. The largest absolute Gasteiger partial charge is 0.324 e. The molecule has 0 aromatic heterocycles. The number of hydrogen-bond acceptors (Lipinski definition) is 2. The van der Waals surface area contributed by atoms with E-state index < -0.39 is 0 Å². The van der Waals surface area contributed by atoms with Crippen LogP contribution in [0.15, 0.2) is 42.5 Å². The van der Waals surface area contributed by atoms with Gasteiger partial charge in [-0.15, -0.1) is 0 Å². The third-order valence-corrected chi connectivity index (χ3v) is 3.45. The summed E-state index contributed by atoms with van der Waals surface area (Å²) in [5.41, 5.74) is 2.91. The molecule has 0 saturated heterocycles. The number of rotatable bonds is 5. The summed E-state index contributed by atoms with van der Waals surface area (Å²) in [4.78, 5) is 11.8. The van der Waals surface area contributed by atoms with Gasteiger partial charge in [-0.2, -0.15) is 0 Å². The van der Waals surface area contributed by atoms with Crippen LogP contribution in [-0.2, 0) is 11.3 Å². The summed E-state index contributed by atoms with van der Waals surface area (Å²) in [6.45, 7) is 2.90. The van der Waals surface area contributed by atoms with E-state index in [4.69, 9.17) is 23.2 Å². The fraction of sp³-hybridized carbons (Fsp3) is 0.188. The van der Waals surface area contributed by atoms with Gasteiger partial charge in [-0.05, 0) is 30.7 Å². The number of carbonyl (C=O) groups is 1. The predicted octanol–water partition coefficient (Wildman–Crippen LogP) is 4.03. The molecule has 0 saturated carbocycles. The zero-order valence-corrected chi connectivity index (χ0v) is 13.1. The highest BCUT2D eigenvalue weighted by molar-refractivity contribution is 6.36. The van der Waals surface area contributed by atoms with Gasteiger partial charge in [-0.1, -0.05) is 53.0 Å². The molecule has 0 spiro atoms. The van der Waals surface area contributed by atoms with Crippen LogP contribution >= 0.6 is 23.2 Å². The Labute approximate surface area is 134 Å². The van der Waals surface area contributed by atoms with Gasteiger partial charge in [-0.3, -0.25) is 4.79 Å². The first kappa shape index (κ1) is 15.8. The topological polar surface area (TPSA) is 41.1 Å². The van der Waals surface area contributed by atoms with Crippen LogP contribution in [0.25, 0.3) is 0 Å². The molecule has 1 amide bonds. The lowest BCUT2D eigenvalue weighted by atomic mass is 10.1.